The lowest BCUT2D eigenvalue weighted by Crippen LogP contribution is -2.39. The van der Waals surface area contributed by atoms with Crippen molar-refractivity contribution < 1.29 is 5.11 Å². The molecule has 0 radical (unpaired) electrons. The summed E-state index contributed by atoms with van der Waals surface area (Å²) in [5, 5.41) is 11.3. The number of aliphatic hydroxyl groups is 1. The zero-order valence-electron chi connectivity index (χ0n) is 11.6. The molecule has 2 atom stereocenters. The fraction of sp³-hybridized carbons (Fsp3) is 0.556. The lowest BCUT2D eigenvalue weighted by Gasteiger charge is -2.42. The molecule has 1 nitrogen and oxygen atoms in total. The highest BCUT2D eigenvalue weighted by Gasteiger charge is 2.41. The monoisotopic (exact) mass is 256 g/mol. The van der Waals surface area contributed by atoms with Crippen molar-refractivity contribution in [2.75, 3.05) is 0 Å². The second kappa shape index (κ2) is 5.50. The lowest BCUT2D eigenvalue weighted by molar-refractivity contribution is -0.0413. The van der Waals surface area contributed by atoms with Crippen molar-refractivity contribution in [3.8, 4) is 0 Å². The van der Waals surface area contributed by atoms with Gasteiger partial charge in [0.05, 0.1) is 5.60 Å². The molecule has 1 fully saturated rings. The van der Waals surface area contributed by atoms with Gasteiger partial charge in [-0.3, -0.25) is 0 Å². The van der Waals surface area contributed by atoms with Gasteiger partial charge in [0, 0.05) is 5.92 Å². The van der Waals surface area contributed by atoms with Crippen LogP contribution in [0.25, 0.3) is 0 Å². The van der Waals surface area contributed by atoms with Crippen LogP contribution in [-0.2, 0) is 5.60 Å². The van der Waals surface area contributed by atoms with Gasteiger partial charge in [-0.05, 0) is 44.1 Å². The van der Waals surface area contributed by atoms with Gasteiger partial charge < -0.3 is 5.11 Å². The van der Waals surface area contributed by atoms with Crippen molar-refractivity contribution >= 4 is 0 Å². The molecule has 2 aliphatic carbocycles. The van der Waals surface area contributed by atoms with Gasteiger partial charge in [-0.2, -0.15) is 0 Å². The van der Waals surface area contributed by atoms with E-state index < -0.39 is 5.60 Å². The highest BCUT2D eigenvalue weighted by Crippen LogP contribution is 2.47. The van der Waals surface area contributed by atoms with E-state index in [1.54, 1.807) is 0 Å². The van der Waals surface area contributed by atoms with Crippen molar-refractivity contribution in [1.82, 2.24) is 0 Å². The fourth-order valence-corrected chi connectivity index (χ4v) is 3.90. The summed E-state index contributed by atoms with van der Waals surface area (Å²) in [4.78, 5) is 0. The molecule has 102 valence electrons. The summed E-state index contributed by atoms with van der Waals surface area (Å²) in [6.45, 7) is 0. The highest BCUT2D eigenvalue weighted by atomic mass is 16.3. The third-order valence-electron chi connectivity index (χ3n) is 4.92. The molecule has 0 unspecified atom stereocenters. The van der Waals surface area contributed by atoms with E-state index in [1.807, 2.05) is 18.2 Å². The van der Waals surface area contributed by atoms with E-state index in [1.165, 1.54) is 37.7 Å². The van der Waals surface area contributed by atoms with E-state index >= 15 is 0 Å². The quantitative estimate of drug-likeness (QED) is 0.769. The van der Waals surface area contributed by atoms with Gasteiger partial charge in [-0.15, -0.1) is 0 Å². The molecular formula is C18H24O. The van der Waals surface area contributed by atoms with Crippen LogP contribution < -0.4 is 0 Å². The van der Waals surface area contributed by atoms with Gasteiger partial charge in [0.25, 0.3) is 0 Å². The Morgan fingerprint density at radius 3 is 2.58 bits per heavy atom. The smallest absolute Gasteiger partial charge is 0.0961 e. The van der Waals surface area contributed by atoms with Crippen LogP contribution in [0.1, 0.15) is 56.9 Å². The van der Waals surface area contributed by atoms with Crippen LogP contribution >= 0.6 is 0 Å². The molecule has 0 aromatic heterocycles. The molecule has 1 aromatic carbocycles. The number of allylic oxidation sites excluding steroid dienone is 1. The molecule has 0 aliphatic heterocycles. The standard InChI is InChI=1S/C18H24O/c19-18(16-11-5-2-6-12-16)14-8-7-13-17(18)15-9-3-1-4-10-15/h2,5-6,9,11-12,17,19H,1,3-4,7-8,10,13-14H2/t17-,18+/m1/s1. The predicted octanol–water partition coefficient (Wildman–Crippen LogP) is 4.56. The van der Waals surface area contributed by atoms with E-state index in [2.05, 4.69) is 18.2 Å². The first-order valence-electron chi connectivity index (χ1n) is 7.77. The number of hydrogen-bond acceptors (Lipinski definition) is 1. The minimum atomic E-state index is -0.622. The van der Waals surface area contributed by atoms with E-state index in [4.69, 9.17) is 0 Å². The summed E-state index contributed by atoms with van der Waals surface area (Å²) in [6, 6.07) is 10.3. The van der Waals surface area contributed by atoms with Crippen LogP contribution in [0, 0.1) is 5.92 Å². The first kappa shape index (κ1) is 12.9. The highest BCUT2D eigenvalue weighted by molar-refractivity contribution is 5.28. The second-order valence-corrected chi connectivity index (χ2v) is 6.11. The summed E-state index contributed by atoms with van der Waals surface area (Å²) in [6.07, 6.45) is 11.9. The van der Waals surface area contributed by atoms with Crippen LogP contribution in [0.2, 0.25) is 0 Å². The van der Waals surface area contributed by atoms with Crippen molar-refractivity contribution in [2.24, 2.45) is 5.92 Å². The molecule has 0 saturated heterocycles. The van der Waals surface area contributed by atoms with Gasteiger partial charge in [0.2, 0.25) is 0 Å². The zero-order chi connectivity index (χ0) is 13.1. The Labute approximate surface area is 116 Å². The molecule has 1 aromatic rings. The Hall–Kier alpha value is -1.08. The Kier molecular flexibility index (Phi) is 3.74. The van der Waals surface area contributed by atoms with Gasteiger partial charge in [-0.1, -0.05) is 54.8 Å². The minimum Gasteiger partial charge on any atom is -0.385 e. The molecular weight excluding hydrogens is 232 g/mol. The maximum Gasteiger partial charge on any atom is 0.0961 e. The molecule has 2 aliphatic rings. The average molecular weight is 256 g/mol. The Balaban J connectivity index is 1.94. The largest absolute Gasteiger partial charge is 0.385 e. The summed E-state index contributed by atoms with van der Waals surface area (Å²) >= 11 is 0. The molecule has 0 spiro atoms. The molecule has 0 bridgehead atoms. The molecule has 19 heavy (non-hydrogen) atoms. The van der Waals surface area contributed by atoms with Crippen LogP contribution in [-0.4, -0.2) is 5.11 Å². The third-order valence-corrected chi connectivity index (χ3v) is 4.92. The summed E-state index contributed by atoms with van der Waals surface area (Å²) in [7, 11) is 0. The van der Waals surface area contributed by atoms with Crippen molar-refractivity contribution in [3.05, 3.63) is 47.5 Å². The van der Waals surface area contributed by atoms with Crippen LogP contribution in [0.15, 0.2) is 42.0 Å². The van der Waals surface area contributed by atoms with Crippen molar-refractivity contribution in [2.45, 2.75) is 57.0 Å². The van der Waals surface area contributed by atoms with Crippen LogP contribution in [0.3, 0.4) is 0 Å². The number of rotatable bonds is 2. The summed E-state index contributed by atoms with van der Waals surface area (Å²) in [5.41, 5.74) is 2.02. The summed E-state index contributed by atoms with van der Waals surface area (Å²) < 4.78 is 0. The van der Waals surface area contributed by atoms with Crippen LogP contribution in [0.4, 0.5) is 0 Å². The molecule has 0 heterocycles. The number of hydrogen-bond donors (Lipinski definition) is 1. The molecule has 1 N–H and O–H groups in total. The summed E-state index contributed by atoms with van der Waals surface area (Å²) in [5.74, 6) is 0.351. The first-order valence-corrected chi connectivity index (χ1v) is 7.77. The van der Waals surface area contributed by atoms with E-state index in [9.17, 15) is 5.11 Å². The molecule has 1 heteroatoms. The molecule has 0 amide bonds. The maximum absolute atomic E-state index is 11.3. The Morgan fingerprint density at radius 2 is 1.84 bits per heavy atom. The second-order valence-electron chi connectivity index (χ2n) is 6.11. The van der Waals surface area contributed by atoms with Gasteiger partial charge in [0.15, 0.2) is 0 Å². The average Bonchev–Trinajstić information content (AvgIpc) is 2.49. The third kappa shape index (κ3) is 2.49. The Bertz CT molecular complexity index is 448. The van der Waals surface area contributed by atoms with Gasteiger partial charge in [-0.25, -0.2) is 0 Å². The maximum atomic E-state index is 11.3. The number of benzene rings is 1. The zero-order valence-corrected chi connectivity index (χ0v) is 11.6. The predicted molar refractivity (Wildman–Crippen MR) is 78.8 cm³/mol. The minimum absolute atomic E-state index is 0.351. The molecule has 1 saturated carbocycles. The SMILES string of the molecule is O[C@]1(c2ccccc2)CCCC[C@@H]1C1=CCCCC1. The van der Waals surface area contributed by atoms with Gasteiger partial charge >= 0.3 is 0 Å². The normalized spacial score (nSPS) is 31.8. The van der Waals surface area contributed by atoms with Crippen molar-refractivity contribution in [3.63, 3.8) is 0 Å². The molecule has 3 rings (SSSR count). The Morgan fingerprint density at radius 1 is 1.00 bits per heavy atom. The first-order chi connectivity index (χ1) is 9.31. The lowest BCUT2D eigenvalue weighted by atomic mass is 9.67. The van der Waals surface area contributed by atoms with Gasteiger partial charge in [0.1, 0.15) is 0 Å². The van der Waals surface area contributed by atoms with E-state index in [-0.39, 0.29) is 0 Å². The van der Waals surface area contributed by atoms with Crippen molar-refractivity contribution in [1.29, 1.82) is 0 Å². The van der Waals surface area contributed by atoms with E-state index in [0.717, 1.165) is 24.8 Å². The van der Waals surface area contributed by atoms with E-state index in [0.29, 0.717) is 5.92 Å². The van der Waals surface area contributed by atoms with Crippen LogP contribution in [0.5, 0.6) is 0 Å². The fourth-order valence-electron chi connectivity index (χ4n) is 3.90. The topological polar surface area (TPSA) is 20.2 Å².